The zero-order chi connectivity index (χ0) is 19.8. The predicted molar refractivity (Wildman–Crippen MR) is 107 cm³/mol. The Balaban J connectivity index is 2.08. The lowest BCUT2D eigenvalue weighted by Crippen LogP contribution is -2.34. The number of hydrogen-bond donors (Lipinski definition) is 1. The minimum absolute atomic E-state index is 0.0767. The topological polar surface area (TPSA) is 67.6 Å². The zero-order valence-electron chi connectivity index (χ0n) is 17.0. The first kappa shape index (κ1) is 21.0. The van der Waals surface area contributed by atoms with Gasteiger partial charge in [-0.25, -0.2) is 0 Å². The second-order valence-electron chi connectivity index (χ2n) is 6.72. The lowest BCUT2D eigenvalue weighted by molar-refractivity contribution is 0.0937. The highest BCUT2D eigenvalue weighted by Gasteiger charge is 2.24. The average molecular weight is 373 g/mol. The number of para-hydroxylation sites is 1. The Labute approximate surface area is 161 Å². The Morgan fingerprint density at radius 1 is 1.30 bits per heavy atom. The van der Waals surface area contributed by atoms with Crippen LogP contribution < -0.4 is 10.1 Å². The van der Waals surface area contributed by atoms with Crippen LogP contribution in [-0.2, 0) is 0 Å². The average Bonchev–Trinajstić information content (AvgIpc) is 3.06. The van der Waals surface area contributed by atoms with Crippen molar-refractivity contribution >= 4 is 5.91 Å². The molecule has 0 bridgehead atoms. The molecule has 1 atom stereocenters. The van der Waals surface area contributed by atoms with E-state index in [9.17, 15) is 4.79 Å². The van der Waals surface area contributed by atoms with Gasteiger partial charge in [0.2, 0.25) is 0 Å². The van der Waals surface area contributed by atoms with E-state index in [1.807, 2.05) is 31.2 Å². The summed E-state index contributed by atoms with van der Waals surface area (Å²) in [5, 5.41) is 7.09. The van der Waals surface area contributed by atoms with Crippen LogP contribution in [0.5, 0.6) is 5.75 Å². The van der Waals surface area contributed by atoms with Crippen molar-refractivity contribution < 1.29 is 14.1 Å². The van der Waals surface area contributed by atoms with Crippen LogP contribution in [0.4, 0.5) is 0 Å². The van der Waals surface area contributed by atoms with E-state index in [0.717, 1.165) is 38.0 Å². The lowest BCUT2D eigenvalue weighted by Gasteiger charge is -2.19. The number of ether oxygens (including phenoxy) is 1. The maximum atomic E-state index is 12.9. The van der Waals surface area contributed by atoms with Crippen LogP contribution in [0.25, 0.3) is 11.3 Å². The molecule has 0 saturated carbocycles. The summed E-state index contributed by atoms with van der Waals surface area (Å²) >= 11 is 0. The van der Waals surface area contributed by atoms with Gasteiger partial charge in [0.05, 0.1) is 18.4 Å². The van der Waals surface area contributed by atoms with E-state index >= 15 is 0 Å². The summed E-state index contributed by atoms with van der Waals surface area (Å²) < 4.78 is 10.9. The van der Waals surface area contributed by atoms with Crippen molar-refractivity contribution in [3.05, 3.63) is 35.5 Å². The molecule has 6 nitrogen and oxygen atoms in total. The van der Waals surface area contributed by atoms with Gasteiger partial charge in [-0.1, -0.05) is 31.1 Å². The van der Waals surface area contributed by atoms with Crippen LogP contribution in [0, 0.1) is 6.92 Å². The van der Waals surface area contributed by atoms with Gasteiger partial charge in [-0.05, 0) is 58.5 Å². The number of benzene rings is 1. The quantitative estimate of drug-likeness (QED) is 0.684. The largest absolute Gasteiger partial charge is 0.496 e. The van der Waals surface area contributed by atoms with Crippen molar-refractivity contribution in [3.8, 4) is 17.1 Å². The summed E-state index contributed by atoms with van der Waals surface area (Å²) in [4.78, 5) is 15.3. The molecule has 1 aromatic heterocycles. The molecule has 0 aliphatic rings. The normalized spacial score (nSPS) is 12.2. The molecular weight excluding hydrogens is 342 g/mol. The fraction of sp³-hybridized carbons (Fsp3) is 0.524. The summed E-state index contributed by atoms with van der Waals surface area (Å²) in [5.74, 6) is 0.928. The first-order valence-electron chi connectivity index (χ1n) is 9.64. The van der Waals surface area contributed by atoms with Crippen LogP contribution in [0.2, 0.25) is 0 Å². The second kappa shape index (κ2) is 10.1. The molecule has 0 radical (unpaired) electrons. The maximum absolute atomic E-state index is 12.9. The number of aryl methyl sites for hydroxylation is 1. The monoisotopic (exact) mass is 373 g/mol. The van der Waals surface area contributed by atoms with Crippen LogP contribution >= 0.6 is 0 Å². The molecule has 27 heavy (non-hydrogen) atoms. The van der Waals surface area contributed by atoms with Crippen molar-refractivity contribution in [2.24, 2.45) is 0 Å². The molecule has 2 rings (SSSR count). The number of rotatable bonds is 10. The van der Waals surface area contributed by atoms with Gasteiger partial charge in [0.15, 0.2) is 5.76 Å². The highest BCUT2D eigenvalue weighted by atomic mass is 16.5. The summed E-state index contributed by atoms with van der Waals surface area (Å²) in [7, 11) is 1.60. The number of aromatic nitrogens is 1. The van der Waals surface area contributed by atoms with Gasteiger partial charge >= 0.3 is 0 Å². The first-order valence-corrected chi connectivity index (χ1v) is 9.64. The minimum Gasteiger partial charge on any atom is -0.496 e. The van der Waals surface area contributed by atoms with Gasteiger partial charge in [0.25, 0.3) is 5.91 Å². The van der Waals surface area contributed by atoms with E-state index in [-0.39, 0.29) is 11.9 Å². The van der Waals surface area contributed by atoms with E-state index in [1.54, 1.807) is 14.0 Å². The first-order chi connectivity index (χ1) is 13.0. The number of hydrogen-bond acceptors (Lipinski definition) is 5. The van der Waals surface area contributed by atoms with Gasteiger partial charge in [-0.3, -0.25) is 4.79 Å². The van der Waals surface area contributed by atoms with Crippen LogP contribution in [0.15, 0.2) is 28.8 Å². The SMILES string of the molecule is CCN(CC)CCC[C@@H](C)NC(=O)c1c(C)noc1-c1ccccc1OC. The van der Waals surface area contributed by atoms with E-state index in [1.165, 1.54) is 0 Å². The summed E-state index contributed by atoms with van der Waals surface area (Å²) in [6.45, 7) is 11.3. The van der Waals surface area contributed by atoms with Crippen molar-refractivity contribution in [3.63, 3.8) is 0 Å². The zero-order valence-corrected chi connectivity index (χ0v) is 17.0. The molecule has 0 aliphatic carbocycles. The number of carbonyl (C=O) groups excluding carboxylic acids is 1. The third-order valence-electron chi connectivity index (χ3n) is 4.82. The highest BCUT2D eigenvalue weighted by Crippen LogP contribution is 2.33. The van der Waals surface area contributed by atoms with Gasteiger partial charge in [0.1, 0.15) is 11.3 Å². The molecule has 0 saturated heterocycles. The number of carbonyl (C=O) groups is 1. The second-order valence-corrected chi connectivity index (χ2v) is 6.72. The molecule has 1 N–H and O–H groups in total. The Bertz CT molecular complexity index is 738. The van der Waals surface area contributed by atoms with E-state index in [0.29, 0.717) is 22.8 Å². The van der Waals surface area contributed by atoms with E-state index in [4.69, 9.17) is 9.26 Å². The Kier molecular flexibility index (Phi) is 7.85. The van der Waals surface area contributed by atoms with E-state index < -0.39 is 0 Å². The summed E-state index contributed by atoms with van der Waals surface area (Å²) in [6, 6.07) is 7.54. The fourth-order valence-corrected chi connectivity index (χ4v) is 3.18. The number of amides is 1. The standard InChI is InChI=1S/C21H31N3O3/c1-6-24(7-2)14-10-11-15(3)22-21(25)19-16(4)23-27-20(19)17-12-8-9-13-18(17)26-5/h8-9,12-13,15H,6-7,10-11,14H2,1-5H3,(H,22,25)/t15-/m1/s1. The molecule has 2 aromatic rings. The van der Waals surface area contributed by atoms with Gasteiger partial charge in [0, 0.05) is 6.04 Å². The Morgan fingerprint density at radius 3 is 2.67 bits per heavy atom. The van der Waals surface area contributed by atoms with Gasteiger partial charge in [-0.2, -0.15) is 0 Å². The van der Waals surface area contributed by atoms with Gasteiger partial charge in [-0.15, -0.1) is 0 Å². The third-order valence-corrected chi connectivity index (χ3v) is 4.82. The Morgan fingerprint density at radius 2 is 2.00 bits per heavy atom. The molecule has 1 amide bonds. The van der Waals surface area contributed by atoms with E-state index in [2.05, 4.69) is 29.2 Å². The smallest absolute Gasteiger partial charge is 0.257 e. The highest BCUT2D eigenvalue weighted by molar-refractivity contribution is 6.01. The molecule has 0 spiro atoms. The molecule has 1 heterocycles. The van der Waals surface area contributed by atoms with Crippen molar-refractivity contribution in [2.45, 2.75) is 46.6 Å². The maximum Gasteiger partial charge on any atom is 0.257 e. The number of nitrogens with zero attached hydrogens (tertiary/aromatic N) is 2. The van der Waals surface area contributed by atoms with Crippen molar-refractivity contribution in [2.75, 3.05) is 26.7 Å². The molecule has 0 aliphatic heterocycles. The molecule has 0 unspecified atom stereocenters. The Hall–Kier alpha value is -2.34. The minimum atomic E-state index is -0.162. The number of nitrogens with one attached hydrogen (secondary N) is 1. The fourth-order valence-electron chi connectivity index (χ4n) is 3.18. The summed E-state index contributed by atoms with van der Waals surface area (Å²) in [5.41, 5.74) is 1.76. The van der Waals surface area contributed by atoms with Crippen LogP contribution in [-0.4, -0.2) is 48.7 Å². The lowest BCUT2D eigenvalue weighted by atomic mass is 10.0. The predicted octanol–water partition coefficient (Wildman–Crippen LogP) is 3.90. The molecule has 6 heteroatoms. The number of methoxy groups -OCH3 is 1. The van der Waals surface area contributed by atoms with Crippen LogP contribution in [0.3, 0.4) is 0 Å². The van der Waals surface area contributed by atoms with Gasteiger partial charge < -0.3 is 19.5 Å². The molecule has 0 fully saturated rings. The summed E-state index contributed by atoms with van der Waals surface area (Å²) in [6.07, 6.45) is 1.97. The molecule has 148 valence electrons. The molecular formula is C21H31N3O3. The third kappa shape index (κ3) is 5.32. The molecule has 1 aromatic carbocycles. The van der Waals surface area contributed by atoms with Crippen LogP contribution in [0.1, 0.15) is 49.7 Å². The van der Waals surface area contributed by atoms with Crippen molar-refractivity contribution in [1.82, 2.24) is 15.4 Å². The van der Waals surface area contributed by atoms with Crippen molar-refractivity contribution in [1.29, 1.82) is 0 Å².